The Hall–Kier alpha value is -3.47. The van der Waals surface area contributed by atoms with Gasteiger partial charge in [-0.3, -0.25) is 4.79 Å². The lowest BCUT2D eigenvalue weighted by Gasteiger charge is -2.18. The zero-order valence-corrected chi connectivity index (χ0v) is 23.3. The molecule has 0 saturated carbocycles. The highest BCUT2D eigenvalue weighted by atomic mass is 35.5. The Balaban J connectivity index is 1.66. The zero-order chi connectivity index (χ0) is 28.8. The van der Waals surface area contributed by atoms with Crippen LogP contribution in [0.4, 0.5) is 30.5 Å². The minimum absolute atomic E-state index is 0.0729. The van der Waals surface area contributed by atoms with E-state index in [2.05, 4.69) is 10.6 Å². The molecule has 0 radical (unpaired) electrons. The number of anilines is 3. The lowest BCUT2D eigenvalue weighted by atomic mass is 9.98. The third-order valence-corrected chi connectivity index (χ3v) is 7.13. The van der Waals surface area contributed by atoms with E-state index in [1.54, 1.807) is 25.3 Å². The molecule has 1 aromatic heterocycles. The molecular formula is C28H25Cl2F3N4O3. The average Bonchev–Trinajstić information content (AvgIpc) is 3.39. The fourth-order valence-electron chi connectivity index (χ4n) is 4.80. The summed E-state index contributed by atoms with van der Waals surface area (Å²) in [6.45, 7) is 4.50. The van der Waals surface area contributed by atoms with Crippen LogP contribution < -0.4 is 15.4 Å². The fraction of sp³-hybridized carbons (Fsp3) is 0.286. The number of imidazole rings is 1. The topological polar surface area (TPSA) is 77.4 Å². The maximum absolute atomic E-state index is 13.6. The van der Waals surface area contributed by atoms with Crippen molar-refractivity contribution in [3.8, 4) is 5.75 Å². The van der Waals surface area contributed by atoms with Crippen LogP contribution in [-0.4, -0.2) is 34.8 Å². The predicted octanol–water partition coefficient (Wildman–Crippen LogP) is 7.72. The van der Waals surface area contributed by atoms with Crippen molar-refractivity contribution < 1.29 is 27.4 Å². The van der Waals surface area contributed by atoms with E-state index in [0.29, 0.717) is 63.6 Å². The number of carbonyl (C=O) groups is 1. The molecule has 0 unspecified atom stereocenters. The molecule has 4 aromatic rings. The lowest BCUT2D eigenvalue weighted by molar-refractivity contribution is -0.136. The largest absolute Gasteiger partial charge is 0.486 e. The standard InChI is InChI=1S/C28H25Cl2F3N4O3/c1-27(2)14-16-23-21(35-26(37(23)11-12-39-3)36-22-18(29)8-6-9-19(22)30)13-15(24(16)40-27)25(38)34-20-10-5-4-7-17(20)28(31,32)33/h4-10,13H,11-12,14H2,1-3H3,(H,34,38)(H,35,36). The quantitative estimate of drug-likeness (QED) is 0.230. The van der Waals surface area contributed by atoms with Crippen molar-refractivity contribution in [1.29, 1.82) is 0 Å². The van der Waals surface area contributed by atoms with Gasteiger partial charge in [-0.15, -0.1) is 0 Å². The normalized spacial score (nSPS) is 14.2. The number of nitrogens with zero attached hydrogens (tertiary/aromatic N) is 2. The van der Waals surface area contributed by atoms with E-state index in [1.165, 1.54) is 24.3 Å². The van der Waals surface area contributed by atoms with Gasteiger partial charge in [-0.2, -0.15) is 13.2 Å². The molecule has 12 heteroatoms. The number of nitrogens with one attached hydrogen (secondary N) is 2. The van der Waals surface area contributed by atoms with Crippen LogP contribution in [0.15, 0.2) is 48.5 Å². The summed E-state index contributed by atoms with van der Waals surface area (Å²) < 4.78 is 54.2. The van der Waals surface area contributed by atoms with Crippen LogP contribution in [-0.2, 0) is 23.9 Å². The van der Waals surface area contributed by atoms with Crippen LogP contribution in [0, 0.1) is 0 Å². The summed E-state index contributed by atoms with van der Waals surface area (Å²) in [4.78, 5) is 18.2. The summed E-state index contributed by atoms with van der Waals surface area (Å²) in [5, 5.41) is 6.39. The van der Waals surface area contributed by atoms with Gasteiger partial charge in [-0.05, 0) is 44.2 Å². The van der Waals surface area contributed by atoms with E-state index >= 15 is 0 Å². The minimum atomic E-state index is -4.64. The van der Waals surface area contributed by atoms with Crippen LogP contribution in [0.1, 0.15) is 35.3 Å². The molecule has 5 rings (SSSR count). The van der Waals surface area contributed by atoms with Gasteiger partial charge in [0.05, 0.1) is 50.2 Å². The van der Waals surface area contributed by atoms with E-state index in [4.69, 9.17) is 37.7 Å². The molecule has 0 atom stereocenters. The van der Waals surface area contributed by atoms with E-state index in [-0.39, 0.29) is 11.3 Å². The Morgan fingerprint density at radius 1 is 1.15 bits per heavy atom. The van der Waals surface area contributed by atoms with Crippen LogP contribution in [0.2, 0.25) is 10.0 Å². The monoisotopic (exact) mass is 592 g/mol. The lowest BCUT2D eigenvalue weighted by Crippen LogP contribution is -2.25. The van der Waals surface area contributed by atoms with Crippen molar-refractivity contribution in [2.75, 3.05) is 24.4 Å². The SMILES string of the molecule is COCCn1c(Nc2c(Cl)cccc2Cl)nc2cc(C(=O)Nc3ccccc3C(F)(F)F)c3c(c21)CC(C)(C)O3. The van der Waals surface area contributed by atoms with Crippen LogP contribution in [0.3, 0.4) is 0 Å². The predicted molar refractivity (Wildman–Crippen MR) is 149 cm³/mol. The van der Waals surface area contributed by atoms with E-state index in [1.807, 2.05) is 18.4 Å². The van der Waals surface area contributed by atoms with Gasteiger partial charge in [0.25, 0.3) is 5.91 Å². The van der Waals surface area contributed by atoms with Gasteiger partial charge in [-0.25, -0.2) is 4.98 Å². The van der Waals surface area contributed by atoms with Gasteiger partial charge in [0.15, 0.2) is 0 Å². The first-order valence-corrected chi connectivity index (χ1v) is 13.1. The second-order valence-electron chi connectivity index (χ2n) is 9.94. The maximum Gasteiger partial charge on any atom is 0.418 e. The van der Waals surface area contributed by atoms with Gasteiger partial charge in [0.1, 0.15) is 11.4 Å². The van der Waals surface area contributed by atoms with E-state index in [0.717, 1.165) is 6.07 Å². The summed E-state index contributed by atoms with van der Waals surface area (Å²) in [6, 6.07) is 11.4. The number of rotatable bonds is 7. The number of ether oxygens (including phenoxy) is 2. The molecule has 0 fully saturated rings. The summed E-state index contributed by atoms with van der Waals surface area (Å²) in [5.74, 6) is -0.0584. The zero-order valence-electron chi connectivity index (χ0n) is 21.7. The van der Waals surface area contributed by atoms with Gasteiger partial charge >= 0.3 is 6.18 Å². The average molecular weight is 593 g/mol. The third-order valence-electron chi connectivity index (χ3n) is 6.50. The third kappa shape index (κ3) is 5.31. The highest BCUT2D eigenvalue weighted by molar-refractivity contribution is 6.39. The van der Waals surface area contributed by atoms with Crippen molar-refractivity contribution in [3.63, 3.8) is 0 Å². The number of carbonyl (C=O) groups excluding carboxylic acids is 1. The summed E-state index contributed by atoms with van der Waals surface area (Å²) in [7, 11) is 1.58. The molecule has 1 aliphatic rings. The highest BCUT2D eigenvalue weighted by Gasteiger charge is 2.38. The van der Waals surface area contributed by atoms with Crippen molar-refractivity contribution in [1.82, 2.24) is 9.55 Å². The summed E-state index contributed by atoms with van der Waals surface area (Å²) in [5.41, 5.74) is 0.399. The van der Waals surface area contributed by atoms with Crippen molar-refractivity contribution in [2.45, 2.75) is 38.6 Å². The van der Waals surface area contributed by atoms with E-state index in [9.17, 15) is 18.0 Å². The number of fused-ring (bicyclic) bond motifs is 3. The smallest absolute Gasteiger partial charge is 0.418 e. The summed E-state index contributed by atoms with van der Waals surface area (Å²) >= 11 is 12.8. The molecule has 0 bridgehead atoms. The second kappa shape index (κ2) is 10.5. The van der Waals surface area contributed by atoms with Gasteiger partial charge < -0.3 is 24.7 Å². The van der Waals surface area contributed by atoms with Crippen LogP contribution in [0.25, 0.3) is 11.0 Å². The molecule has 1 aliphatic heterocycles. The molecule has 0 spiro atoms. The minimum Gasteiger partial charge on any atom is -0.486 e. The Labute approximate surface area is 238 Å². The molecule has 0 aliphatic carbocycles. The molecule has 2 N–H and O–H groups in total. The Morgan fingerprint density at radius 2 is 1.85 bits per heavy atom. The number of halogens is 5. The number of alkyl halides is 3. The summed E-state index contributed by atoms with van der Waals surface area (Å²) in [6.07, 6.45) is -4.21. The first-order valence-electron chi connectivity index (χ1n) is 12.3. The Morgan fingerprint density at radius 3 is 2.52 bits per heavy atom. The van der Waals surface area contributed by atoms with Crippen molar-refractivity contribution >= 4 is 57.5 Å². The van der Waals surface area contributed by atoms with Crippen molar-refractivity contribution in [3.05, 3.63) is 75.3 Å². The van der Waals surface area contributed by atoms with Gasteiger partial charge in [0, 0.05) is 25.6 Å². The Bertz CT molecular complexity index is 1600. The molecule has 1 amide bonds. The highest BCUT2D eigenvalue weighted by Crippen LogP contribution is 2.44. The number of methoxy groups -OCH3 is 1. The van der Waals surface area contributed by atoms with Crippen molar-refractivity contribution in [2.24, 2.45) is 0 Å². The molecule has 210 valence electrons. The number of hydrogen-bond acceptors (Lipinski definition) is 5. The molecule has 3 aromatic carbocycles. The van der Waals surface area contributed by atoms with Crippen LogP contribution in [0.5, 0.6) is 5.75 Å². The molecular weight excluding hydrogens is 568 g/mol. The molecule has 0 saturated heterocycles. The Kier molecular flexibility index (Phi) is 7.37. The van der Waals surface area contributed by atoms with Crippen LogP contribution >= 0.6 is 23.2 Å². The molecule has 2 heterocycles. The van der Waals surface area contributed by atoms with E-state index < -0.39 is 23.2 Å². The van der Waals surface area contributed by atoms with Gasteiger partial charge in [0.2, 0.25) is 5.95 Å². The first-order chi connectivity index (χ1) is 18.9. The number of benzene rings is 3. The number of hydrogen-bond donors (Lipinski definition) is 2. The number of amides is 1. The maximum atomic E-state index is 13.6. The molecule has 40 heavy (non-hydrogen) atoms. The second-order valence-corrected chi connectivity index (χ2v) is 10.8. The fourth-order valence-corrected chi connectivity index (χ4v) is 5.30. The van der Waals surface area contributed by atoms with Gasteiger partial charge in [-0.1, -0.05) is 41.4 Å². The number of aromatic nitrogens is 2. The molecule has 7 nitrogen and oxygen atoms in total. The number of para-hydroxylation sites is 2. The first kappa shape index (κ1) is 28.1.